The van der Waals surface area contributed by atoms with E-state index in [2.05, 4.69) is 12.6 Å². The molecule has 0 amide bonds. The largest absolute Gasteiger partial charge is 0.151 e. The zero-order valence-corrected chi connectivity index (χ0v) is 4.72. The quantitative estimate of drug-likeness (QED) is 0.497. The molecule has 0 bridgehead atoms. The van der Waals surface area contributed by atoms with E-state index in [9.17, 15) is 0 Å². The zero-order chi connectivity index (χ0) is 4.12. The van der Waals surface area contributed by atoms with E-state index >= 15 is 0 Å². The van der Waals surface area contributed by atoms with Gasteiger partial charge in [0.15, 0.2) is 0 Å². The lowest BCUT2D eigenvalue weighted by atomic mass is 11.3. The van der Waals surface area contributed by atoms with E-state index in [1.165, 1.54) is 0 Å². The predicted octanol–water partition coefficient (Wildman–Crippen LogP) is 1.75. The molecule has 0 aromatic carbocycles. The van der Waals surface area contributed by atoms with Gasteiger partial charge in [-0.2, -0.15) is 12.6 Å². The van der Waals surface area contributed by atoms with Crippen LogP contribution in [-0.4, -0.2) is 6.26 Å². The number of rotatable bonds is 1. The Labute approximate surface area is 42.1 Å². The molecular formula is C3H6S2. The molecule has 30 valence electrons. The molecule has 0 rings (SSSR count). The average Bonchev–Trinajstić information content (AvgIpc) is 1.41. The Hall–Kier alpha value is 0.440. The molecule has 2 heteroatoms. The fourth-order valence-corrected chi connectivity index (χ4v) is 0.548. The van der Waals surface area contributed by atoms with E-state index in [4.69, 9.17) is 0 Å². The fraction of sp³-hybridized carbons (Fsp3) is 0.333. The molecule has 0 radical (unpaired) electrons. The van der Waals surface area contributed by atoms with E-state index in [-0.39, 0.29) is 0 Å². The summed E-state index contributed by atoms with van der Waals surface area (Å²) >= 11 is 5.44. The summed E-state index contributed by atoms with van der Waals surface area (Å²) in [5.74, 6) is 0. The lowest BCUT2D eigenvalue weighted by Gasteiger charge is -1.65. The number of thioether (sulfide) groups is 1. The van der Waals surface area contributed by atoms with Crippen molar-refractivity contribution in [1.29, 1.82) is 0 Å². The summed E-state index contributed by atoms with van der Waals surface area (Å²) in [6.45, 7) is 0. The van der Waals surface area contributed by atoms with E-state index in [0.29, 0.717) is 0 Å². The van der Waals surface area contributed by atoms with Crippen molar-refractivity contribution in [1.82, 2.24) is 0 Å². The van der Waals surface area contributed by atoms with Crippen LogP contribution in [0.15, 0.2) is 10.8 Å². The first-order valence-corrected chi connectivity index (χ1v) is 3.04. The molecule has 0 N–H and O–H groups in total. The molecule has 0 saturated heterocycles. The van der Waals surface area contributed by atoms with Crippen LogP contribution >= 0.6 is 24.4 Å². The normalized spacial score (nSPS) is 10.0. The second-order valence-corrected chi connectivity index (χ2v) is 1.56. The molecule has 0 aliphatic rings. The molecule has 0 aliphatic heterocycles. The minimum Gasteiger partial charge on any atom is -0.151 e. The standard InChI is InChI=1S/C3H6S2/c1-5-3-2-4/h2-4H,1H3/b3-2-. The second-order valence-electron chi connectivity index (χ2n) is 0.521. The van der Waals surface area contributed by atoms with Crippen LogP contribution < -0.4 is 0 Å². The molecule has 0 atom stereocenters. The van der Waals surface area contributed by atoms with E-state index in [1.54, 1.807) is 17.2 Å². The van der Waals surface area contributed by atoms with Gasteiger partial charge >= 0.3 is 0 Å². The van der Waals surface area contributed by atoms with Gasteiger partial charge in [0, 0.05) is 0 Å². The van der Waals surface area contributed by atoms with Gasteiger partial charge in [0.1, 0.15) is 0 Å². The van der Waals surface area contributed by atoms with Gasteiger partial charge in [-0.25, -0.2) is 0 Å². The zero-order valence-electron chi connectivity index (χ0n) is 3.01. The van der Waals surface area contributed by atoms with Gasteiger partial charge in [0.05, 0.1) is 0 Å². The highest BCUT2D eigenvalue weighted by molar-refractivity contribution is 8.02. The first-order valence-electron chi connectivity index (χ1n) is 1.24. The highest BCUT2D eigenvalue weighted by Crippen LogP contribution is 1.92. The third-order valence-electron chi connectivity index (χ3n) is 0.197. The summed E-state index contributed by atoms with van der Waals surface area (Å²) in [5.41, 5.74) is 0. The smallest absolute Gasteiger partial charge is 0.0142 e. The van der Waals surface area contributed by atoms with Crippen molar-refractivity contribution in [3.05, 3.63) is 10.8 Å². The molecule has 0 heterocycles. The molecular weight excluding hydrogens is 100 g/mol. The van der Waals surface area contributed by atoms with E-state index < -0.39 is 0 Å². The Morgan fingerprint density at radius 3 is 2.40 bits per heavy atom. The molecule has 0 saturated carbocycles. The van der Waals surface area contributed by atoms with Gasteiger partial charge in [0.25, 0.3) is 0 Å². The number of hydrogen-bond donors (Lipinski definition) is 1. The first-order chi connectivity index (χ1) is 2.41. The Morgan fingerprint density at radius 2 is 2.40 bits per heavy atom. The van der Waals surface area contributed by atoms with Crippen LogP contribution in [0.4, 0.5) is 0 Å². The lowest BCUT2D eigenvalue weighted by Crippen LogP contribution is -1.31. The van der Waals surface area contributed by atoms with Crippen molar-refractivity contribution in [2.75, 3.05) is 6.26 Å². The summed E-state index contributed by atoms with van der Waals surface area (Å²) in [7, 11) is 0. The van der Waals surface area contributed by atoms with Crippen molar-refractivity contribution >= 4 is 24.4 Å². The van der Waals surface area contributed by atoms with Crippen molar-refractivity contribution in [2.24, 2.45) is 0 Å². The monoisotopic (exact) mass is 106 g/mol. The molecule has 0 unspecified atom stereocenters. The summed E-state index contributed by atoms with van der Waals surface area (Å²) < 4.78 is 0. The van der Waals surface area contributed by atoms with Crippen molar-refractivity contribution in [3.8, 4) is 0 Å². The highest BCUT2D eigenvalue weighted by atomic mass is 32.2. The Bertz CT molecular complexity index is 31.9. The second kappa shape index (κ2) is 4.44. The molecule has 0 aromatic rings. The van der Waals surface area contributed by atoms with Crippen LogP contribution in [0.5, 0.6) is 0 Å². The molecule has 0 aromatic heterocycles. The maximum absolute atomic E-state index is 3.80. The van der Waals surface area contributed by atoms with Crippen LogP contribution in [0, 0.1) is 0 Å². The summed E-state index contributed by atoms with van der Waals surface area (Å²) in [5, 5.41) is 3.62. The first kappa shape index (κ1) is 5.44. The van der Waals surface area contributed by atoms with Gasteiger partial charge in [-0.1, -0.05) is 0 Å². The Kier molecular flexibility index (Phi) is 4.83. The topological polar surface area (TPSA) is 0 Å². The van der Waals surface area contributed by atoms with Gasteiger partial charge in [-0.15, -0.1) is 11.8 Å². The van der Waals surface area contributed by atoms with Gasteiger partial charge in [-0.05, 0) is 17.1 Å². The van der Waals surface area contributed by atoms with Crippen LogP contribution in [0.1, 0.15) is 0 Å². The fourth-order valence-electron chi connectivity index (χ4n) is 0.0609. The summed E-state index contributed by atoms with van der Waals surface area (Å²) in [4.78, 5) is 0. The van der Waals surface area contributed by atoms with Crippen molar-refractivity contribution < 1.29 is 0 Å². The maximum Gasteiger partial charge on any atom is -0.0142 e. The predicted molar refractivity (Wildman–Crippen MR) is 31.6 cm³/mol. The summed E-state index contributed by atoms with van der Waals surface area (Å²) in [6.07, 6.45) is 1.99. The Balaban J connectivity index is 2.62. The summed E-state index contributed by atoms with van der Waals surface area (Å²) in [6, 6.07) is 0. The van der Waals surface area contributed by atoms with E-state index in [0.717, 1.165) is 0 Å². The third kappa shape index (κ3) is 4.44. The average molecular weight is 106 g/mol. The minimum atomic E-state index is 1.64. The van der Waals surface area contributed by atoms with Crippen LogP contribution in [0.2, 0.25) is 0 Å². The molecule has 0 fully saturated rings. The van der Waals surface area contributed by atoms with Crippen LogP contribution in [-0.2, 0) is 0 Å². The molecule has 0 nitrogen and oxygen atoms in total. The number of hydrogen-bond acceptors (Lipinski definition) is 2. The third-order valence-corrected chi connectivity index (χ3v) is 0.956. The Morgan fingerprint density at radius 1 is 1.80 bits per heavy atom. The maximum atomic E-state index is 3.80. The molecule has 5 heavy (non-hydrogen) atoms. The van der Waals surface area contributed by atoms with Crippen LogP contribution in [0.25, 0.3) is 0 Å². The van der Waals surface area contributed by atoms with Gasteiger partial charge in [0.2, 0.25) is 0 Å². The van der Waals surface area contributed by atoms with Gasteiger partial charge in [-0.3, -0.25) is 0 Å². The minimum absolute atomic E-state index is 1.64. The molecule has 0 spiro atoms. The van der Waals surface area contributed by atoms with Crippen LogP contribution in [0.3, 0.4) is 0 Å². The van der Waals surface area contributed by atoms with E-state index in [1.807, 2.05) is 11.7 Å². The molecule has 0 aliphatic carbocycles. The van der Waals surface area contributed by atoms with Crippen molar-refractivity contribution in [3.63, 3.8) is 0 Å². The highest BCUT2D eigenvalue weighted by Gasteiger charge is 1.52. The van der Waals surface area contributed by atoms with Gasteiger partial charge < -0.3 is 0 Å². The van der Waals surface area contributed by atoms with Crippen molar-refractivity contribution in [2.45, 2.75) is 0 Å². The lowest BCUT2D eigenvalue weighted by molar-refractivity contribution is 2.44. The SMILES string of the molecule is CS/C=C\S. The number of thiol groups is 1.